The Morgan fingerprint density at radius 1 is 0.952 bits per heavy atom. The Morgan fingerprint density at radius 3 is 1.95 bits per heavy atom. The summed E-state index contributed by atoms with van der Waals surface area (Å²) in [6.45, 7) is -1.85. The second-order valence-electron chi connectivity index (χ2n) is 11.9. The molecular weight excluding hydrogens is 302 g/mol. The molecule has 10 fully saturated rings. The molecule has 4 atom stereocenters. The van der Waals surface area contributed by atoms with E-state index in [4.69, 9.17) is 0 Å². The van der Waals surface area contributed by atoms with Crippen LogP contribution in [-0.4, -0.2) is 12.5 Å². The molecule has 11 rings (SSSR count). The van der Waals surface area contributed by atoms with E-state index in [-0.39, 0.29) is 5.91 Å². The van der Waals surface area contributed by atoms with Crippen molar-refractivity contribution in [2.75, 3.05) is 6.54 Å². The molecule has 0 aromatic heterocycles. The summed E-state index contributed by atoms with van der Waals surface area (Å²) in [5.74, 6) is 0.187. The van der Waals surface area contributed by atoms with Crippen LogP contribution in [0.5, 0.6) is 0 Å². The Morgan fingerprint density at radius 2 is 1.52 bits per heavy atom. The molecule has 1 N–H and O–H groups in total. The monoisotopic (exact) mass is 319 g/mol. The molecule has 10 aliphatic rings. The first-order chi connectivity index (χ1) is 10.0. The van der Waals surface area contributed by atoms with E-state index >= 15 is 0 Å². The van der Waals surface area contributed by atoms with Gasteiger partial charge in [-0.05, 0) is 0 Å². The third-order valence-electron chi connectivity index (χ3n) is 16.5. The van der Waals surface area contributed by atoms with E-state index < -0.39 is 6.51 Å². The van der Waals surface area contributed by atoms with Crippen molar-refractivity contribution in [2.45, 2.75) is 47.7 Å². The van der Waals surface area contributed by atoms with Crippen LogP contribution in [0.3, 0.4) is 0 Å². The van der Waals surface area contributed by atoms with Gasteiger partial charge in [-0.25, -0.2) is 0 Å². The Hall–Kier alpha value is -0.791. The molecule has 3 heteroatoms. The molecular formula is C18H17FeNO. The molecule has 2 nitrogen and oxygen atoms in total. The first kappa shape index (κ1) is 8.17. The molecule has 10 aliphatic heterocycles. The summed E-state index contributed by atoms with van der Waals surface area (Å²) in [6.07, 6.45) is 0. The zero-order valence-electron chi connectivity index (χ0n) is 11.6. The van der Waals surface area contributed by atoms with Gasteiger partial charge in [0.1, 0.15) is 0 Å². The third-order valence-corrected chi connectivity index (χ3v) is 59.5. The topological polar surface area (TPSA) is 29.1 Å². The van der Waals surface area contributed by atoms with Crippen LogP contribution in [0.15, 0.2) is 30.3 Å². The fourth-order valence-corrected chi connectivity index (χ4v) is 92.8. The van der Waals surface area contributed by atoms with E-state index in [0.29, 0.717) is 0 Å². The van der Waals surface area contributed by atoms with Gasteiger partial charge in [-0.2, -0.15) is 0 Å². The summed E-state index contributed by atoms with van der Waals surface area (Å²) in [4.78, 5) is 24.6. The molecule has 0 aliphatic carbocycles. The maximum atomic E-state index is 12.5. The van der Waals surface area contributed by atoms with Gasteiger partial charge in [-0.3, -0.25) is 0 Å². The molecule has 0 radical (unpaired) electrons. The average molecular weight is 319 g/mol. The van der Waals surface area contributed by atoms with Crippen molar-refractivity contribution in [2.24, 2.45) is 0 Å². The number of fused-ring (bicyclic) bond motifs is 10. The van der Waals surface area contributed by atoms with Gasteiger partial charge in [0.25, 0.3) is 0 Å². The molecule has 4 unspecified atom stereocenters. The van der Waals surface area contributed by atoms with Gasteiger partial charge in [-0.1, -0.05) is 0 Å². The SMILES string of the molecule is O=C(NC[C]12[CH]3[CH]4[CH]5[CH]1[Fe]45321678[CH]2[CH]1[CH]6[CH]7[CH]28)c1ccccc1. The molecule has 1 amide bonds. The molecule has 21 heavy (non-hydrogen) atoms. The summed E-state index contributed by atoms with van der Waals surface area (Å²) in [6, 6.07) is 9.84. The molecule has 0 bridgehead atoms. The van der Waals surface area contributed by atoms with Crippen LogP contribution in [0.2, 0.25) is 47.7 Å². The Labute approximate surface area is 113 Å². The van der Waals surface area contributed by atoms with Crippen molar-refractivity contribution in [3.05, 3.63) is 35.9 Å². The van der Waals surface area contributed by atoms with E-state index in [1.165, 1.54) is 43.3 Å². The molecule has 0 saturated carbocycles. The van der Waals surface area contributed by atoms with Gasteiger partial charge < -0.3 is 0 Å². The molecule has 1 spiro atoms. The number of carbonyl (C=O) groups is 1. The second-order valence-corrected chi connectivity index (χ2v) is 35.6. The standard InChI is InChI=1S/C13H12NO.C5H5.Fe/c15-13(12-8-2-1-3-9-12)14-10-11-6-4-5-7-11;1-2-4-5-3-1;/h1-9H,10H2,(H,14,15);1-5H;. The number of benzene rings is 1. The normalized spacial score (nSPS) is 98.2. The van der Waals surface area contributed by atoms with Gasteiger partial charge in [-0.15, -0.1) is 0 Å². The number of hydrogen-bond donors (Lipinski definition) is 1. The zero-order chi connectivity index (χ0) is 13.1. The minimum absolute atomic E-state index is 0.187. The van der Waals surface area contributed by atoms with E-state index in [2.05, 4.69) is 5.32 Å². The maximum absolute atomic E-state index is 12.5. The Balaban J connectivity index is 1.13. The molecule has 108 valence electrons. The minimum atomic E-state index is -2.96. The van der Waals surface area contributed by atoms with Gasteiger partial charge >= 0.3 is 113 Å². The molecule has 1 aromatic rings. The van der Waals surface area contributed by atoms with Crippen LogP contribution < -0.4 is 5.32 Å². The van der Waals surface area contributed by atoms with Crippen LogP contribution >= 0.6 is 0 Å². The Bertz CT molecular complexity index is 1150. The summed E-state index contributed by atoms with van der Waals surface area (Å²) in [5, 5.41) is 3.42. The van der Waals surface area contributed by atoms with Crippen molar-refractivity contribution in [1.29, 1.82) is 0 Å². The summed E-state index contributed by atoms with van der Waals surface area (Å²) in [5.41, 5.74) is 0.851. The quantitative estimate of drug-likeness (QED) is 0.832. The van der Waals surface area contributed by atoms with Crippen molar-refractivity contribution < 1.29 is 11.3 Å². The third kappa shape index (κ3) is 0.107. The first-order valence-corrected chi connectivity index (χ1v) is 14.9. The van der Waals surface area contributed by atoms with Gasteiger partial charge in [0, 0.05) is 0 Å². The van der Waals surface area contributed by atoms with E-state index in [1.54, 1.807) is 0 Å². The number of rotatable bonds is 3. The van der Waals surface area contributed by atoms with Crippen LogP contribution in [0.4, 0.5) is 0 Å². The summed E-state index contributed by atoms with van der Waals surface area (Å²) >= 11 is 0. The van der Waals surface area contributed by atoms with Crippen molar-refractivity contribution in [3.63, 3.8) is 0 Å². The molecule has 1 aromatic carbocycles. The fourth-order valence-electron chi connectivity index (χ4n) is 18.0. The van der Waals surface area contributed by atoms with Crippen molar-refractivity contribution in [3.8, 4) is 0 Å². The van der Waals surface area contributed by atoms with Gasteiger partial charge in [0.05, 0.1) is 0 Å². The van der Waals surface area contributed by atoms with E-state index in [1.807, 2.05) is 30.3 Å². The Kier molecular flexibility index (Phi) is 0.305. The number of carbonyl (C=O) groups excluding carboxylic acids is 1. The molecule has 10 saturated heterocycles. The number of nitrogens with one attached hydrogen (secondary N) is 1. The van der Waals surface area contributed by atoms with E-state index in [0.717, 1.165) is 16.4 Å². The predicted molar refractivity (Wildman–Crippen MR) is 75.2 cm³/mol. The van der Waals surface area contributed by atoms with Crippen LogP contribution in [0, 0.1) is 0 Å². The zero-order valence-corrected chi connectivity index (χ0v) is 12.7. The summed E-state index contributed by atoms with van der Waals surface area (Å²) < 4.78 is 0.823. The number of hydrogen-bond acceptors (Lipinski definition) is 1. The van der Waals surface area contributed by atoms with Crippen LogP contribution in [0.25, 0.3) is 0 Å². The number of amides is 1. The van der Waals surface area contributed by atoms with Crippen LogP contribution in [-0.2, 0) is 6.51 Å². The van der Waals surface area contributed by atoms with Crippen molar-refractivity contribution >= 4 is 5.91 Å². The predicted octanol–water partition coefficient (Wildman–Crippen LogP) is 4.18. The first-order valence-electron chi connectivity index (χ1n) is 8.58. The van der Waals surface area contributed by atoms with Crippen molar-refractivity contribution in [1.82, 2.24) is 5.32 Å². The second kappa shape index (κ2) is 0.783. The summed E-state index contributed by atoms with van der Waals surface area (Å²) in [7, 11) is 0. The van der Waals surface area contributed by atoms with E-state index in [9.17, 15) is 4.79 Å². The average Bonchev–Trinajstić information content (AvgIpc) is 3.47. The molecule has 10 heterocycles. The van der Waals surface area contributed by atoms with Gasteiger partial charge in [0.2, 0.25) is 0 Å². The van der Waals surface area contributed by atoms with Gasteiger partial charge in [0.15, 0.2) is 0 Å². The van der Waals surface area contributed by atoms with Crippen LogP contribution in [0.1, 0.15) is 10.4 Å². The fraction of sp³-hybridized carbons (Fsp3) is 0.611.